The summed E-state index contributed by atoms with van der Waals surface area (Å²) >= 11 is 0. The summed E-state index contributed by atoms with van der Waals surface area (Å²) in [4.78, 5) is 11.2. The highest BCUT2D eigenvalue weighted by molar-refractivity contribution is 5.92. The first-order valence-corrected chi connectivity index (χ1v) is 4.18. The van der Waals surface area contributed by atoms with Gasteiger partial charge in [-0.15, -0.1) is 0 Å². The van der Waals surface area contributed by atoms with Gasteiger partial charge in [-0.1, -0.05) is 37.3 Å². The summed E-state index contributed by atoms with van der Waals surface area (Å²) in [6.45, 7) is 5.69. The molecule has 0 aromatic carbocycles. The highest BCUT2D eigenvalue weighted by Crippen LogP contribution is 2.00. The van der Waals surface area contributed by atoms with Crippen molar-refractivity contribution in [2.75, 3.05) is 0 Å². The van der Waals surface area contributed by atoms with E-state index in [0.717, 1.165) is 0 Å². The van der Waals surface area contributed by atoms with Gasteiger partial charge in [-0.2, -0.15) is 0 Å². The SMILES string of the molecule is C/C=C/C=C/[C@@H](C)C(=O)/C=C/C. The van der Waals surface area contributed by atoms with Crippen LogP contribution in [0.1, 0.15) is 20.8 Å². The average molecular weight is 164 g/mol. The monoisotopic (exact) mass is 164 g/mol. The first-order chi connectivity index (χ1) is 5.72. The van der Waals surface area contributed by atoms with Gasteiger partial charge in [-0.05, 0) is 19.9 Å². The van der Waals surface area contributed by atoms with Crippen LogP contribution in [-0.2, 0) is 4.79 Å². The molecule has 0 N–H and O–H groups in total. The summed E-state index contributed by atoms with van der Waals surface area (Å²) in [5.41, 5.74) is 0. The lowest BCUT2D eigenvalue weighted by atomic mass is 10.1. The summed E-state index contributed by atoms with van der Waals surface area (Å²) < 4.78 is 0. The van der Waals surface area contributed by atoms with Crippen LogP contribution in [0.15, 0.2) is 36.5 Å². The fourth-order valence-electron chi connectivity index (χ4n) is 0.753. The van der Waals surface area contributed by atoms with Crippen molar-refractivity contribution in [2.24, 2.45) is 5.92 Å². The number of hydrogen-bond acceptors (Lipinski definition) is 1. The van der Waals surface area contributed by atoms with Crippen LogP contribution in [0, 0.1) is 5.92 Å². The van der Waals surface area contributed by atoms with E-state index in [-0.39, 0.29) is 11.7 Å². The fourth-order valence-corrected chi connectivity index (χ4v) is 0.753. The van der Waals surface area contributed by atoms with Crippen LogP contribution in [0.3, 0.4) is 0 Å². The first-order valence-electron chi connectivity index (χ1n) is 4.18. The van der Waals surface area contributed by atoms with Crippen molar-refractivity contribution in [1.29, 1.82) is 0 Å². The second kappa shape index (κ2) is 6.59. The largest absolute Gasteiger partial charge is 0.294 e. The number of allylic oxidation sites excluding steroid dienone is 6. The van der Waals surface area contributed by atoms with Gasteiger partial charge in [0, 0.05) is 5.92 Å². The molecule has 0 fully saturated rings. The van der Waals surface area contributed by atoms with Crippen molar-refractivity contribution < 1.29 is 4.79 Å². The van der Waals surface area contributed by atoms with E-state index in [0.29, 0.717) is 0 Å². The van der Waals surface area contributed by atoms with Crippen molar-refractivity contribution in [3.8, 4) is 0 Å². The molecule has 0 aliphatic rings. The number of carbonyl (C=O) groups is 1. The van der Waals surface area contributed by atoms with Crippen LogP contribution >= 0.6 is 0 Å². The highest BCUT2D eigenvalue weighted by Gasteiger charge is 2.03. The predicted molar refractivity (Wildman–Crippen MR) is 52.9 cm³/mol. The van der Waals surface area contributed by atoms with Gasteiger partial charge in [-0.25, -0.2) is 0 Å². The maximum atomic E-state index is 11.2. The number of rotatable bonds is 4. The predicted octanol–water partition coefficient (Wildman–Crippen LogP) is 2.90. The second-order valence-corrected chi connectivity index (χ2v) is 2.60. The molecule has 0 unspecified atom stereocenters. The number of ketones is 1. The molecule has 12 heavy (non-hydrogen) atoms. The maximum absolute atomic E-state index is 11.2. The Morgan fingerprint density at radius 1 is 1.17 bits per heavy atom. The Morgan fingerprint density at radius 2 is 1.83 bits per heavy atom. The van der Waals surface area contributed by atoms with Crippen LogP contribution < -0.4 is 0 Å². The quantitative estimate of drug-likeness (QED) is 0.461. The van der Waals surface area contributed by atoms with Crippen LogP contribution in [0.5, 0.6) is 0 Å². The third kappa shape index (κ3) is 4.67. The molecule has 0 amide bonds. The van der Waals surface area contributed by atoms with Crippen LogP contribution in [0.25, 0.3) is 0 Å². The lowest BCUT2D eigenvalue weighted by Crippen LogP contribution is -2.03. The molecule has 0 saturated heterocycles. The van der Waals surface area contributed by atoms with Crippen LogP contribution in [0.4, 0.5) is 0 Å². The summed E-state index contributed by atoms with van der Waals surface area (Å²) in [6, 6.07) is 0. The normalized spacial score (nSPS) is 14.9. The molecule has 0 aromatic rings. The third-order valence-corrected chi connectivity index (χ3v) is 1.48. The highest BCUT2D eigenvalue weighted by atomic mass is 16.1. The van der Waals surface area contributed by atoms with Gasteiger partial charge in [0.2, 0.25) is 0 Å². The van der Waals surface area contributed by atoms with E-state index in [9.17, 15) is 4.79 Å². The van der Waals surface area contributed by atoms with Gasteiger partial charge in [0.05, 0.1) is 0 Å². The van der Waals surface area contributed by atoms with Gasteiger partial charge in [0.15, 0.2) is 5.78 Å². The molecule has 0 aromatic heterocycles. The Bertz CT molecular complexity index is 209. The summed E-state index contributed by atoms with van der Waals surface area (Å²) in [5.74, 6) is 0.135. The van der Waals surface area contributed by atoms with Gasteiger partial charge < -0.3 is 0 Å². The van der Waals surface area contributed by atoms with Crippen molar-refractivity contribution >= 4 is 5.78 Å². The molecule has 1 nitrogen and oxygen atoms in total. The Hall–Kier alpha value is -1.11. The van der Waals surface area contributed by atoms with E-state index >= 15 is 0 Å². The van der Waals surface area contributed by atoms with Crippen LogP contribution in [-0.4, -0.2) is 5.78 Å². The zero-order valence-electron chi connectivity index (χ0n) is 7.95. The maximum Gasteiger partial charge on any atom is 0.161 e. The molecule has 1 atom stereocenters. The topological polar surface area (TPSA) is 17.1 Å². The molecule has 0 rings (SSSR count). The molecule has 1 heteroatoms. The standard InChI is InChI=1S/C11H16O/c1-4-6-7-9-10(3)11(12)8-5-2/h4-10H,1-3H3/b6-4+,8-5+,9-7+/t10-/m1/s1. The first kappa shape index (κ1) is 10.9. The number of hydrogen-bond donors (Lipinski definition) is 0. The van der Waals surface area contributed by atoms with E-state index in [1.54, 1.807) is 12.2 Å². The molecule has 0 aliphatic carbocycles. The Kier molecular flexibility index (Phi) is 5.98. The smallest absolute Gasteiger partial charge is 0.161 e. The summed E-state index contributed by atoms with van der Waals surface area (Å²) in [5, 5.41) is 0. The van der Waals surface area contributed by atoms with Crippen molar-refractivity contribution in [2.45, 2.75) is 20.8 Å². The molecule has 66 valence electrons. The van der Waals surface area contributed by atoms with E-state index in [1.807, 2.05) is 45.1 Å². The Labute approximate surface area is 74.5 Å². The fraction of sp³-hybridized carbons (Fsp3) is 0.364. The van der Waals surface area contributed by atoms with Crippen LogP contribution in [0.2, 0.25) is 0 Å². The Morgan fingerprint density at radius 3 is 2.33 bits per heavy atom. The van der Waals surface area contributed by atoms with Crippen molar-refractivity contribution in [1.82, 2.24) is 0 Å². The van der Waals surface area contributed by atoms with Crippen molar-refractivity contribution in [3.63, 3.8) is 0 Å². The molecule has 0 radical (unpaired) electrons. The van der Waals surface area contributed by atoms with Gasteiger partial charge in [0.1, 0.15) is 0 Å². The zero-order chi connectivity index (χ0) is 9.40. The lowest BCUT2D eigenvalue weighted by Gasteiger charge is -1.97. The number of carbonyl (C=O) groups excluding carboxylic acids is 1. The minimum absolute atomic E-state index is 0.0163. The van der Waals surface area contributed by atoms with E-state index in [4.69, 9.17) is 0 Å². The third-order valence-electron chi connectivity index (χ3n) is 1.48. The molecular weight excluding hydrogens is 148 g/mol. The molecule has 0 aliphatic heterocycles. The van der Waals surface area contributed by atoms with E-state index < -0.39 is 0 Å². The molecule has 0 heterocycles. The van der Waals surface area contributed by atoms with E-state index in [1.165, 1.54) is 0 Å². The zero-order valence-corrected chi connectivity index (χ0v) is 7.95. The van der Waals surface area contributed by atoms with Crippen molar-refractivity contribution in [3.05, 3.63) is 36.5 Å². The average Bonchev–Trinajstić information content (AvgIpc) is 2.05. The summed E-state index contributed by atoms with van der Waals surface area (Å²) in [7, 11) is 0. The summed E-state index contributed by atoms with van der Waals surface area (Å²) in [6.07, 6.45) is 11.0. The van der Waals surface area contributed by atoms with E-state index in [2.05, 4.69) is 0 Å². The van der Waals surface area contributed by atoms with Gasteiger partial charge in [-0.3, -0.25) is 4.79 Å². The van der Waals surface area contributed by atoms with Gasteiger partial charge >= 0.3 is 0 Å². The Balaban J connectivity index is 4.02. The second-order valence-electron chi connectivity index (χ2n) is 2.60. The molecule has 0 saturated carbocycles. The van der Waals surface area contributed by atoms with Gasteiger partial charge in [0.25, 0.3) is 0 Å². The minimum Gasteiger partial charge on any atom is -0.294 e. The molecule has 0 bridgehead atoms. The molecule has 0 spiro atoms. The molecular formula is C11H16O. The lowest BCUT2D eigenvalue weighted by molar-refractivity contribution is -0.116. The minimum atomic E-state index is -0.0163.